The molecule has 0 saturated heterocycles. The van der Waals surface area contributed by atoms with Gasteiger partial charge in [0.1, 0.15) is 12.1 Å². The molecule has 41 heavy (non-hydrogen) atoms. The summed E-state index contributed by atoms with van der Waals surface area (Å²) >= 11 is 0. The fraction of sp³-hybridized carbons (Fsp3) is 0.240. The van der Waals surface area contributed by atoms with Crippen molar-refractivity contribution in [3.8, 4) is 11.1 Å². The molecule has 222 valence electrons. The van der Waals surface area contributed by atoms with Crippen molar-refractivity contribution in [3.05, 3.63) is 78.0 Å². The van der Waals surface area contributed by atoms with Gasteiger partial charge in [0, 0.05) is 12.1 Å². The van der Waals surface area contributed by atoms with E-state index in [1.165, 1.54) is 27.1 Å². The predicted molar refractivity (Wildman–Crippen MR) is 142 cm³/mol. The second-order valence-electron chi connectivity index (χ2n) is 9.09. The van der Waals surface area contributed by atoms with Crippen molar-refractivity contribution in [3.63, 3.8) is 0 Å². The molecule has 0 bridgehead atoms. The number of nitrogens with zero attached hydrogens (tertiary/aromatic N) is 6. The second-order valence-corrected chi connectivity index (χ2v) is 11.0. The number of fused-ring (bicyclic) bond motifs is 4. The predicted octanol–water partition coefficient (Wildman–Crippen LogP) is 5.80. The Kier molecular flexibility index (Phi) is 8.63. The number of amidine groups is 1. The van der Waals surface area contributed by atoms with Gasteiger partial charge in [-0.3, -0.25) is 9.63 Å². The van der Waals surface area contributed by atoms with Gasteiger partial charge in [-0.15, -0.1) is 5.10 Å². The topological polar surface area (TPSA) is 85.4 Å². The van der Waals surface area contributed by atoms with Crippen LogP contribution in [-0.2, 0) is 9.53 Å². The van der Waals surface area contributed by atoms with Crippen LogP contribution in [0.5, 0.6) is 0 Å². The van der Waals surface area contributed by atoms with E-state index in [0.717, 1.165) is 0 Å². The van der Waals surface area contributed by atoms with Crippen molar-refractivity contribution in [2.75, 3.05) is 34.8 Å². The number of carbonyl (C=O) groups is 1. The molecule has 1 aliphatic rings. The van der Waals surface area contributed by atoms with E-state index in [2.05, 4.69) is 39.6 Å². The number of halogens is 6. The number of hydrogen-bond acceptors (Lipinski definition) is 6. The fourth-order valence-electron chi connectivity index (χ4n) is 4.02. The molecule has 0 amide bonds. The minimum Gasteiger partial charge on any atom is -0.467 e. The molecular weight excluding hydrogens is 577 g/mol. The molecule has 0 atom stereocenters. The van der Waals surface area contributed by atoms with Gasteiger partial charge in [-0.25, -0.2) is 14.5 Å². The van der Waals surface area contributed by atoms with E-state index >= 15 is 0 Å². The van der Waals surface area contributed by atoms with Crippen LogP contribution in [0.3, 0.4) is 0 Å². The summed E-state index contributed by atoms with van der Waals surface area (Å²) in [5.74, 6) is 0.174. The van der Waals surface area contributed by atoms with E-state index in [4.69, 9.17) is 9.57 Å². The number of benzene rings is 2. The first-order valence-corrected chi connectivity index (χ1v) is 13.9. The Morgan fingerprint density at radius 3 is 1.98 bits per heavy atom. The standard InChI is InChI=1S/C15H12O2.C10H15N6O.F6P/c16-10-17-9-15-13-7-3-1-5-11(13)12-6-2-4-8-14(12)15;1-14(2)10(15(3)4)17-16-9-8(12-13-16)6-5-7-11-9;1-7(2,3,4,5)6/h1-8,10,15H,9H2;5-7H,1-4H3;/q;+1;-1. The van der Waals surface area contributed by atoms with Crippen LogP contribution in [0.4, 0.5) is 25.2 Å². The first-order valence-electron chi connectivity index (χ1n) is 11.8. The number of hydrogen-bond donors (Lipinski definition) is 0. The number of aromatic nitrogens is 4. The normalized spacial score (nSPS) is 13.6. The van der Waals surface area contributed by atoms with Crippen molar-refractivity contribution < 1.29 is 44.1 Å². The van der Waals surface area contributed by atoms with E-state index in [-0.39, 0.29) is 5.92 Å². The summed E-state index contributed by atoms with van der Waals surface area (Å²) in [6.45, 7) is 0.932. The molecule has 0 unspecified atom stereocenters. The maximum atomic E-state index is 10.4. The first kappa shape index (κ1) is 31.3. The van der Waals surface area contributed by atoms with Crippen LogP contribution in [0.1, 0.15) is 17.0 Å². The third kappa shape index (κ3) is 9.41. The third-order valence-electron chi connectivity index (χ3n) is 5.41. The Balaban J connectivity index is 0.000000185. The molecule has 0 fully saturated rings. The molecular formula is C25H27F6N6O3P. The van der Waals surface area contributed by atoms with Crippen LogP contribution in [0.15, 0.2) is 66.9 Å². The average molecular weight is 604 g/mol. The van der Waals surface area contributed by atoms with E-state index in [0.29, 0.717) is 30.3 Å². The van der Waals surface area contributed by atoms with Gasteiger partial charge in [-0.2, -0.15) is 0 Å². The summed E-state index contributed by atoms with van der Waals surface area (Å²) in [7, 11) is -3.09. The molecule has 9 nitrogen and oxygen atoms in total. The maximum Gasteiger partial charge on any atom is 0.293 e. The number of pyridine rings is 1. The zero-order valence-corrected chi connectivity index (χ0v) is 23.2. The van der Waals surface area contributed by atoms with Crippen LogP contribution >= 0.6 is 7.81 Å². The molecule has 16 heteroatoms. The largest absolute Gasteiger partial charge is 0.467 e. The molecule has 0 aliphatic heterocycles. The van der Waals surface area contributed by atoms with Crippen LogP contribution in [0.25, 0.3) is 22.3 Å². The zero-order valence-electron chi connectivity index (χ0n) is 22.3. The van der Waals surface area contributed by atoms with Gasteiger partial charge < -0.3 is 4.74 Å². The molecule has 0 N–H and O–H groups in total. The van der Waals surface area contributed by atoms with Crippen molar-refractivity contribution in [2.45, 2.75) is 5.92 Å². The summed E-state index contributed by atoms with van der Waals surface area (Å²) in [5, 5.41) is 7.87. The van der Waals surface area contributed by atoms with E-state index in [9.17, 15) is 30.0 Å². The molecule has 2 heterocycles. The van der Waals surface area contributed by atoms with Gasteiger partial charge in [0.05, 0.1) is 28.2 Å². The molecule has 5 rings (SSSR count). The van der Waals surface area contributed by atoms with Crippen molar-refractivity contribution >= 4 is 31.5 Å². The van der Waals surface area contributed by atoms with Gasteiger partial charge in [0.2, 0.25) is 5.65 Å². The van der Waals surface area contributed by atoms with Crippen LogP contribution < -0.4 is 4.84 Å². The van der Waals surface area contributed by atoms with Gasteiger partial charge in [0.25, 0.3) is 6.47 Å². The van der Waals surface area contributed by atoms with Crippen molar-refractivity contribution in [2.24, 2.45) is 0 Å². The summed E-state index contributed by atoms with van der Waals surface area (Å²) in [6.07, 6.45) is 1.68. The van der Waals surface area contributed by atoms with Crippen LogP contribution in [0, 0.1) is 0 Å². The molecule has 2 aromatic heterocycles. The Hall–Kier alpha value is -4.26. The Morgan fingerprint density at radius 2 is 1.49 bits per heavy atom. The van der Waals surface area contributed by atoms with E-state index < -0.39 is 7.81 Å². The minimum absolute atomic E-state index is 0.174. The number of carbonyl (C=O) groups excluding carboxylic acids is 1. The Morgan fingerprint density at radius 1 is 0.951 bits per heavy atom. The Labute approximate surface area is 230 Å². The number of rotatable bonds is 4. The maximum absolute atomic E-state index is 10.7. The third-order valence-corrected chi connectivity index (χ3v) is 5.41. The summed E-state index contributed by atoms with van der Waals surface area (Å²) in [5.41, 5.74) is 6.29. The zero-order chi connectivity index (χ0) is 30.5. The summed E-state index contributed by atoms with van der Waals surface area (Å²) in [6, 6.07) is 20.9. The SMILES string of the molecule is CN(C)C(On1nnc2cccnc21)=[N+](C)C.F[P-](F)(F)(F)(F)F.O=COCC1c2ccccc2-c2ccccc21. The van der Waals surface area contributed by atoms with Gasteiger partial charge in [-0.1, -0.05) is 48.5 Å². The number of ether oxygens (including phenoxy) is 1. The molecule has 0 spiro atoms. The minimum atomic E-state index is -10.7. The van der Waals surface area contributed by atoms with Crippen LogP contribution in [-0.4, -0.2) is 76.9 Å². The van der Waals surface area contributed by atoms with Crippen molar-refractivity contribution in [1.29, 1.82) is 0 Å². The molecule has 4 aromatic rings. The summed E-state index contributed by atoms with van der Waals surface area (Å²) in [4.78, 5) is 23.3. The fourth-order valence-corrected chi connectivity index (χ4v) is 4.02. The van der Waals surface area contributed by atoms with Gasteiger partial charge >= 0.3 is 39.0 Å². The smallest absolute Gasteiger partial charge is 0.293 e. The Bertz CT molecular complexity index is 1500. The molecule has 0 radical (unpaired) electrons. The van der Waals surface area contributed by atoms with Gasteiger partial charge in [-0.05, 0) is 44.4 Å². The first-order chi connectivity index (χ1) is 19.0. The van der Waals surface area contributed by atoms with E-state index in [1.54, 1.807) is 6.20 Å². The molecule has 1 aliphatic carbocycles. The monoisotopic (exact) mass is 604 g/mol. The average Bonchev–Trinajstić information content (AvgIpc) is 3.43. The molecule has 2 aromatic carbocycles. The van der Waals surface area contributed by atoms with Crippen molar-refractivity contribution in [1.82, 2.24) is 25.0 Å². The van der Waals surface area contributed by atoms with E-state index in [1.807, 2.05) is 74.1 Å². The second kappa shape index (κ2) is 11.3. The van der Waals surface area contributed by atoms with Gasteiger partial charge in [0.15, 0.2) is 0 Å². The van der Waals surface area contributed by atoms with Crippen LogP contribution in [0.2, 0.25) is 0 Å². The summed E-state index contributed by atoms with van der Waals surface area (Å²) < 4.78 is 66.0. The quantitative estimate of drug-likeness (QED) is 0.0727. The molecule has 0 saturated carbocycles.